The van der Waals surface area contributed by atoms with Gasteiger partial charge >= 0.3 is 5.97 Å². The van der Waals surface area contributed by atoms with Gasteiger partial charge in [0, 0.05) is 11.1 Å². The fourth-order valence-electron chi connectivity index (χ4n) is 7.13. The molecule has 246 valence electrons. The zero-order chi connectivity index (χ0) is 34.4. The fourth-order valence-corrected chi connectivity index (χ4v) is 7.13. The molecule has 0 spiro atoms. The maximum atomic E-state index is 11.4. The minimum Gasteiger partial charge on any atom is -0.507 e. The zero-order valence-corrected chi connectivity index (χ0v) is 26.9. The van der Waals surface area contributed by atoms with Gasteiger partial charge in [-0.1, -0.05) is 50.5 Å². The molecule has 10 nitrogen and oxygen atoms in total. The average molecular weight is 645 g/mol. The van der Waals surface area contributed by atoms with E-state index in [1.807, 2.05) is 18.2 Å². The van der Waals surface area contributed by atoms with Crippen LogP contribution < -0.4 is 11.5 Å². The van der Waals surface area contributed by atoms with Crippen molar-refractivity contribution in [2.45, 2.75) is 70.1 Å². The first-order chi connectivity index (χ1) is 23.1. The number of aliphatic carboxylic acids is 1. The zero-order valence-electron chi connectivity index (χ0n) is 26.9. The molecule has 0 bridgehead atoms. The van der Waals surface area contributed by atoms with Crippen molar-refractivity contribution in [1.82, 2.24) is 9.97 Å². The Morgan fingerprint density at radius 2 is 1.21 bits per heavy atom. The predicted molar refractivity (Wildman–Crippen MR) is 184 cm³/mol. The summed E-state index contributed by atoms with van der Waals surface area (Å²) in [6.07, 6.45) is 7.29. The van der Waals surface area contributed by atoms with E-state index in [1.165, 1.54) is 12.8 Å². The molecule has 4 unspecified atom stereocenters. The Morgan fingerprint density at radius 1 is 0.750 bits per heavy atom. The second-order valence-electron chi connectivity index (χ2n) is 12.8. The van der Waals surface area contributed by atoms with Gasteiger partial charge in [-0.15, -0.1) is 0 Å². The highest BCUT2D eigenvalue weighted by molar-refractivity contribution is 5.73. The molecular weight excluding hydrogens is 604 g/mol. The van der Waals surface area contributed by atoms with E-state index in [9.17, 15) is 30.6 Å². The highest BCUT2D eigenvalue weighted by atomic mass is 16.4. The van der Waals surface area contributed by atoms with Crippen molar-refractivity contribution in [1.29, 1.82) is 10.5 Å². The number of nitrogen functional groups attached to an aromatic ring is 2. The van der Waals surface area contributed by atoms with E-state index in [1.54, 1.807) is 42.5 Å². The Balaban J connectivity index is 0.000000188. The van der Waals surface area contributed by atoms with Gasteiger partial charge in [0.25, 0.3) is 0 Å². The number of benzene rings is 2. The number of para-hydroxylation sites is 2. The Kier molecular flexibility index (Phi) is 10.5. The van der Waals surface area contributed by atoms with Crippen LogP contribution in [-0.2, 0) is 4.79 Å². The largest absolute Gasteiger partial charge is 0.507 e. The maximum absolute atomic E-state index is 11.4. The number of hydrogen-bond donors (Lipinski definition) is 5. The monoisotopic (exact) mass is 644 g/mol. The van der Waals surface area contributed by atoms with Gasteiger partial charge in [-0.25, -0.2) is 9.97 Å². The van der Waals surface area contributed by atoms with Crippen molar-refractivity contribution in [2.75, 3.05) is 11.5 Å². The minimum absolute atomic E-state index is 0.0561. The average Bonchev–Trinajstić information content (AvgIpc) is 3.08. The molecule has 2 saturated carbocycles. The van der Waals surface area contributed by atoms with Gasteiger partial charge in [0.2, 0.25) is 0 Å². The summed E-state index contributed by atoms with van der Waals surface area (Å²) in [5.74, 6) is 0.340. The number of carbonyl (C=O) groups is 1. The molecule has 0 aliphatic heterocycles. The molecule has 0 radical (unpaired) electrons. The van der Waals surface area contributed by atoms with Crippen molar-refractivity contribution in [3.05, 3.63) is 82.9 Å². The predicted octanol–water partition coefficient (Wildman–Crippen LogP) is 7.47. The molecule has 2 aromatic carbocycles. The van der Waals surface area contributed by atoms with Crippen LogP contribution in [0, 0.1) is 34.5 Å². The third kappa shape index (κ3) is 7.34. The van der Waals surface area contributed by atoms with E-state index in [-0.39, 0.29) is 29.1 Å². The molecule has 2 aliphatic carbocycles. The summed E-state index contributed by atoms with van der Waals surface area (Å²) in [6, 6.07) is 21.9. The smallest absolute Gasteiger partial charge is 0.306 e. The summed E-state index contributed by atoms with van der Waals surface area (Å²) < 4.78 is 0. The summed E-state index contributed by atoms with van der Waals surface area (Å²) in [7, 11) is 0. The van der Waals surface area contributed by atoms with Crippen molar-refractivity contribution < 1.29 is 20.1 Å². The first-order valence-electron chi connectivity index (χ1n) is 16.3. The van der Waals surface area contributed by atoms with Gasteiger partial charge in [-0.05, 0) is 97.4 Å². The lowest BCUT2D eigenvalue weighted by molar-refractivity contribution is -0.143. The highest BCUT2D eigenvalue weighted by Crippen LogP contribution is 2.42. The summed E-state index contributed by atoms with van der Waals surface area (Å²) in [6.45, 7) is 2.26. The lowest BCUT2D eigenvalue weighted by Gasteiger charge is -2.28. The Morgan fingerprint density at radius 3 is 1.65 bits per heavy atom. The number of anilines is 2. The van der Waals surface area contributed by atoms with Crippen LogP contribution in [0.1, 0.15) is 92.4 Å². The topological polar surface area (TPSA) is 203 Å². The third-order valence-corrected chi connectivity index (χ3v) is 9.58. The summed E-state index contributed by atoms with van der Waals surface area (Å²) in [4.78, 5) is 20.0. The van der Waals surface area contributed by atoms with Crippen LogP contribution in [0.3, 0.4) is 0 Å². The SMILES string of the molecule is CC1CCCC(c2cc(-c3ccccc3O)nc(N)c2C#N)C1.N#Cc1c(C2CCCC(C(=O)O)C2)cc(-c2ccccc2O)nc1N. The number of phenols is 2. The number of nitrogens with zero attached hydrogens (tertiary/aromatic N) is 4. The molecule has 48 heavy (non-hydrogen) atoms. The number of rotatable bonds is 5. The third-order valence-electron chi connectivity index (χ3n) is 9.58. The standard InChI is InChI=1S/C19H19N3O3.C19H21N3O/c20-10-15-14(11-4-3-5-12(8-11)19(24)25)9-16(22-18(15)21)13-6-1-2-7-17(13)23;1-12-5-4-6-13(9-12)15-10-17(22-19(21)16(15)11-20)14-7-2-3-8-18(14)23/h1-2,6-7,9,11-12,23H,3-5,8H2,(H2,21,22)(H,24,25);2-3,7-8,10,12-13,23H,4-6,9H2,1H3,(H2,21,22). The number of aromatic nitrogens is 2. The lowest BCUT2D eigenvalue weighted by atomic mass is 9.76. The summed E-state index contributed by atoms with van der Waals surface area (Å²) in [5, 5.41) is 48.4. The van der Waals surface area contributed by atoms with Crippen molar-refractivity contribution in [3.63, 3.8) is 0 Å². The molecule has 2 aromatic heterocycles. The molecule has 0 saturated heterocycles. The maximum Gasteiger partial charge on any atom is 0.306 e. The summed E-state index contributed by atoms with van der Waals surface area (Å²) in [5.41, 5.74) is 16.8. The summed E-state index contributed by atoms with van der Waals surface area (Å²) >= 11 is 0. The van der Waals surface area contributed by atoms with Crippen LogP contribution in [0.5, 0.6) is 11.5 Å². The van der Waals surface area contributed by atoms with E-state index in [4.69, 9.17) is 11.5 Å². The Hall–Kier alpha value is -5.61. The second-order valence-corrected chi connectivity index (χ2v) is 12.8. The van der Waals surface area contributed by atoms with E-state index in [0.717, 1.165) is 36.8 Å². The van der Waals surface area contributed by atoms with E-state index in [2.05, 4.69) is 29.0 Å². The molecule has 6 rings (SSSR count). The van der Waals surface area contributed by atoms with Gasteiger partial charge in [0.1, 0.15) is 35.3 Å². The molecule has 7 N–H and O–H groups in total. The van der Waals surface area contributed by atoms with Crippen LogP contribution in [0.25, 0.3) is 22.5 Å². The molecule has 10 heteroatoms. The first-order valence-corrected chi connectivity index (χ1v) is 16.3. The minimum atomic E-state index is -0.800. The number of nitriles is 2. The molecule has 0 amide bonds. The fraction of sp³-hybridized carbons (Fsp3) is 0.342. The van der Waals surface area contributed by atoms with E-state index >= 15 is 0 Å². The van der Waals surface area contributed by atoms with Crippen molar-refractivity contribution >= 4 is 17.6 Å². The number of nitrogens with two attached hydrogens (primary N) is 2. The molecule has 4 atom stereocenters. The number of carboxylic acids is 1. The molecule has 2 fully saturated rings. The van der Waals surface area contributed by atoms with Crippen LogP contribution in [0.15, 0.2) is 60.7 Å². The van der Waals surface area contributed by atoms with Gasteiger partial charge in [-0.3, -0.25) is 4.79 Å². The second kappa shape index (κ2) is 14.9. The number of hydrogen-bond acceptors (Lipinski definition) is 9. The first kappa shape index (κ1) is 33.7. The van der Waals surface area contributed by atoms with E-state index < -0.39 is 11.9 Å². The number of phenolic OH excluding ortho intramolecular Hbond substituents is 2. The van der Waals surface area contributed by atoms with Crippen molar-refractivity contribution in [3.8, 4) is 46.2 Å². The molecule has 2 aliphatic rings. The van der Waals surface area contributed by atoms with Crippen LogP contribution in [0.2, 0.25) is 0 Å². The van der Waals surface area contributed by atoms with Gasteiger partial charge < -0.3 is 26.8 Å². The van der Waals surface area contributed by atoms with Crippen LogP contribution in [-0.4, -0.2) is 31.3 Å². The molecule has 4 aromatic rings. The highest BCUT2D eigenvalue weighted by Gasteiger charge is 2.30. The molecular formula is C38H40N6O4. The normalized spacial score (nSPS) is 20.4. The quantitative estimate of drug-likeness (QED) is 0.145. The van der Waals surface area contributed by atoms with E-state index in [0.29, 0.717) is 58.3 Å². The van der Waals surface area contributed by atoms with Gasteiger partial charge in [0.05, 0.1) is 28.4 Å². The lowest BCUT2D eigenvalue weighted by Crippen LogP contribution is -2.22. The number of aromatic hydroxyl groups is 2. The number of pyridine rings is 2. The van der Waals surface area contributed by atoms with Gasteiger partial charge in [0.15, 0.2) is 0 Å². The Bertz CT molecular complexity index is 1900. The number of carboxylic acid groups (broad SMARTS) is 1. The Labute approximate surface area is 280 Å². The van der Waals surface area contributed by atoms with Crippen LogP contribution >= 0.6 is 0 Å². The van der Waals surface area contributed by atoms with Gasteiger partial charge in [-0.2, -0.15) is 10.5 Å². The molecule has 2 heterocycles. The van der Waals surface area contributed by atoms with Crippen LogP contribution in [0.4, 0.5) is 11.6 Å². The van der Waals surface area contributed by atoms with Crippen molar-refractivity contribution in [2.24, 2.45) is 11.8 Å².